The third-order valence-corrected chi connectivity index (χ3v) is 4.39. The van der Waals surface area contributed by atoms with E-state index in [0.29, 0.717) is 18.4 Å². The van der Waals surface area contributed by atoms with E-state index in [1.165, 1.54) is 12.1 Å². The van der Waals surface area contributed by atoms with E-state index in [2.05, 4.69) is 10.6 Å². The molecule has 0 aliphatic heterocycles. The number of aromatic hydroxyl groups is 1. The van der Waals surface area contributed by atoms with Gasteiger partial charge in [-0.05, 0) is 29.7 Å². The first-order valence-electron chi connectivity index (χ1n) is 9.67. The predicted octanol–water partition coefficient (Wildman–Crippen LogP) is 2.60. The Bertz CT molecular complexity index is 838. The highest BCUT2D eigenvalue weighted by atomic mass is 16.5. The summed E-state index contributed by atoms with van der Waals surface area (Å²) in [6.07, 6.45) is 0.223. The summed E-state index contributed by atoms with van der Waals surface area (Å²) in [6, 6.07) is 13.1. The molecule has 2 amide bonds. The number of nitrogens with one attached hydrogen (secondary N) is 2. The van der Waals surface area contributed by atoms with Crippen LogP contribution < -0.4 is 10.6 Å². The van der Waals surface area contributed by atoms with Gasteiger partial charge in [0.05, 0.1) is 0 Å². The maximum Gasteiger partial charge on any atom is 0.408 e. The summed E-state index contributed by atoms with van der Waals surface area (Å²) in [5.41, 5.74) is 1.45. The van der Waals surface area contributed by atoms with Gasteiger partial charge >= 0.3 is 12.1 Å². The lowest BCUT2D eigenvalue weighted by molar-refractivity contribution is -0.142. The van der Waals surface area contributed by atoms with Crippen molar-refractivity contribution in [1.29, 1.82) is 0 Å². The number of alkyl carbamates (subject to hydrolysis) is 1. The summed E-state index contributed by atoms with van der Waals surface area (Å²) in [5.74, 6) is -1.73. The highest BCUT2D eigenvalue weighted by Gasteiger charge is 2.26. The van der Waals surface area contributed by atoms with E-state index < -0.39 is 30.1 Å². The van der Waals surface area contributed by atoms with Gasteiger partial charge in [0, 0.05) is 6.42 Å². The number of aliphatic carboxylic acids is 1. The molecule has 8 nitrogen and oxygen atoms in total. The van der Waals surface area contributed by atoms with Gasteiger partial charge in [0.15, 0.2) is 0 Å². The fraction of sp³-hybridized carbons (Fsp3) is 0.318. The summed E-state index contributed by atoms with van der Waals surface area (Å²) < 4.78 is 5.14. The SMILES string of the molecule is CCCC(NC(=O)OCc1ccccc1)C(=O)NC(Cc1ccc(O)cc1)C(=O)O. The predicted molar refractivity (Wildman–Crippen MR) is 110 cm³/mol. The molecule has 2 aromatic carbocycles. The Morgan fingerprint density at radius 2 is 1.60 bits per heavy atom. The fourth-order valence-electron chi connectivity index (χ4n) is 2.80. The van der Waals surface area contributed by atoms with Crippen LogP contribution in [0.5, 0.6) is 5.75 Å². The molecule has 2 atom stereocenters. The van der Waals surface area contributed by atoms with E-state index in [0.717, 1.165) is 5.56 Å². The van der Waals surface area contributed by atoms with Crippen molar-refractivity contribution in [2.45, 2.75) is 44.9 Å². The maximum absolute atomic E-state index is 12.6. The van der Waals surface area contributed by atoms with E-state index in [1.54, 1.807) is 12.1 Å². The minimum absolute atomic E-state index is 0.0403. The van der Waals surface area contributed by atoms with Crippen LogP contribution in [-0.4, -0.2) is 40.3 Å². The highest BCUT2D eigenvalue weighted by molar-refractivity contribution is 5.89. The third-order valence-electron chi connectivity index (χ3n) is 4.39. The fourth-order valence-corrected chi connectivity index (χ4v) is 2.80. The molecular weight excluding hydrogens is 388 g/mol. The molecule has 0 saturated carbocycles. The Hall–Kier alpha value is -3.55. The van der Waals surface area contributed by atoms with Crippen LogP contribution in [0.4, 0.5) is 4.79 Å². The van der Waals surface area contributed by atoms with Crippen molar-refractivity contribution in [3.05, 3.63) is 65.7 Å². The number of phenolic OH excluding ortho intramolecular Hbond substituents is 1. The number of carbonyl (C=O) groups excluding carboxylic acids is 2. The van der Waals surface area contributed by atoms with Crippen LogP contribution in [-0.2, 0) is 27.4 Å². The van der Waals surface area contributed by atoms with Crippen molar-refractivity contribution in [1.82, 2.24) is 10.6 Å². The first-order chi connectivity index (χ1) is 14.4. The molecule has 0 heterocycles. The van der Waals surface area contributed by atoms with Crippen molar-refractivity contribution in [3.8, 4) is 5.75 Å². The van der Waals surface area contributed by atoms with E-state index in [4.69, 9.17) is 4.74 Å². The summed E-state index contributed by atoms with van der Waals surface area (Å²) in [4.78, 5) is 36.3. The molecule has 0 radical (unpaired) electrons. The van der Waals surface area contributed by atoms with Gasteiger partial charge in [0.2, 0.25) is 5.91 Å². The molecule has 30 heavy (non-hydrogen) atoms. The van der Waals surface area contributed by atoms with Crippen molar-refractivity contribution in [2.24, 2.45) is 0 Å². The van der Waals surface area contributed by atoms with Crippen LogP contribution >= 0.6 is 0 Å². The molecule has 8 heteroatoms. The van der Waals surface area contributed by atoms with E-state index in [-0.39, 0.29) is 18.8 Å². The maximum atomic E-state index is 12.6. The minimum atomic E-state index is -1.20. The lowest BCUT2D eigenvalue weighted by atomic mass is 10.0. The number of phenols is 1. The Balaban J connectivity index is 1.95. The molecule has 4 N–H and O–H groups in total. The topological polar surface area (TPSA) is 125 Å². The average Bonchev–Trinajstić information content (AvgIpc) is 2.73. The normalized spacial score (nSPS) is 12.4. The van der Waals surface area contributed by atoms with Crippen molar-refractivity contribution in [3.63, 3.8) is 0 Å². The van der Waals surface area contributed by atoms with E-state index >= 15 is 0 Å². The molecule has 0 fully saturated rings. The van der Waals surface area contributed by atoms with Crippen molar-refractivity contribution >= 4 is 18.0 Å². The molecule has 0 spiro atoms. The third kappa shape index (κ3) is 7.46. The summed E-state index contributed by atoms with van der Waals surface area (Å²) in [7, 11) is 0. The van der Waals surface area contributed by atoms with Gasteiger partial charge in [-0.25, -0.2) is 9.59 Å². The number of hydrogen-bond acceptors (Lipinski definition) is 5. The number of carboxylic acids is 1. The number of carboxylic acid groups (broad SMARTS) is 1. The van der Waals surface area contributed by atoms with Gasteiger partial charge in [-0.15, -0.1) is 0 Å². The number of hydrogen-bond donors (Lipinski definition) is 4. The molecule has 2 aromatic rings. The van der Waals surface area contributed by atoms with Gasteiger partial charge in [0.25, 0.3) is 0 Å². The molecular formula is C22H26N2O6. The van der Waals surface area contributed by atoms with Crippen LogP contribution in [0.3, 0.4) is 0 Å². The Morgan fingerprint density at radius 1 is 0.933 bits per heavy atom. The molecule has 2 rings (SSSR count). The van der Waals surface area contributed by atoms with Gasteiger partial charge in [0.1, 0.15) is 24.4 Å². The summed E-state index contributed by atoms with van der Waals surface area (Å²) >= 11 is 0. The monoisotopic (exact) mass is 414 g/mol. The Kier molecular flexibility index (Phi) is 8.68. The number of rotatable bonds is 10. The first kappa shape index (κ1) is 22.7. The highest BCUT2D eigenvalue weighted by Crippen LogP contribution is 2.12. The molecule has 160 valence electrons. The zero-order valence-electron chi connectivity index (χ0n) is 16.7. The van der Waals surface area contributed by atoms with Gasteiger partial charge < -0.3 is 25.6 Å². The lowest BCUT2D eigenvalue weighted by Gasteiger charge is -2.21. The lowest BCUT2D eigenvalue weighted by Crippen LogP contribution is -2.52. The number of amides is 2. The molecule has 0 saturated heterocycles. The minimum Gasteiger partial charge on any atom is -0.508 e. The number of ether oxygens (including phenoxy) is 1. The van der Waals surface area contributed by atoms with Crippen LogP contribution in [0.15, 0.2) is 54.6 Å². The standard InChI is InChI=1S/C22H26N2O6/c1-2-6-18(24-22(29)30-14-16-7-4-3-5-8-16)20(26)23-19(21(27)28)13-15-9-11-17(25)12-10-15/h3-5,7-12,18-19,25H,2,6,13-14H2,1H3,(H,23,26)(H,24,29)(H,27,28). The van der Waals surface area contributed by atoms with E-state index in [9.17, 15) is 24.6 Å². The van der Waals surface area contributed by atoms with Crippen LogP contribution in [0.25, 0.3) is 0 Å². The molecule has 0 aromatic heterocycles. The van der Waals surface area contributed by atoms with Crippen molar-refractivity contribution in [2.75, 3.05) is 0 Å². The van der Waals surface area contributed by atoms with E-state index in [1.807, 2.05) is 37.3 Å². The molecule has 0 aliphatic rings. The van der Waals surface area contributed by atoms with Gasteiger partial charge in [-0.2, -0.15) is 0 Å². The molecule has 0 bridgehead atoms. The number of carbonyl (C=O) groups is 3. The van der Waals surface area contributed by atoms with Crippen molar-refractivity contribution < 1.29 is 29.3 Å². The quantitative estimate of drug-likeness (QED) is 0.474. The Labute approximate surface area is 174 Å². The van der Waals surface area contributed by atoms with Gasteiger partial charge in [-0.1, -0.05) is 55.8 Å². The summed E-state index contributed by atoms with van der Waals surface area (Å²) in [5, 5.41) is 23.8. The van der Waals surface area contributed by atoms with Crippen LogP contribution in [0.2, 0.25) is 0 Å². The van der Waals surface area contributed by atoms with Crippen LogP contribution in [0.1, 0.15) is 30.9 Å². The van der Waals surface area contributed by atoms with Gasteiger partial charge in [-0.3, -0.25) is 4.79 Å². The zero-order chi connectivity index (χ0) is 21.9. The second kappa shape index (κ2) is 11.5. The van der Waals surface area contributed by atoms with Crippen LogP contribution in [0, 0.1) is 0 Å². The second-order valence-corrected chi connectivity index (χ2v) is 6.82. The largest absolute Gasteiger partial charge is 0.508 e. The summed E-state index contributed by atoms with van der Waals surface area (Å²) in [6.45, 7) is 1.91. The molecule has 2 unspecified atom stereocenters. The zero-order valence-corrected chi connectivity index (χ0v) is 16.7. The average molecular weight is 414 g/mol. The smallest absolute Gasteiger partial charge is 0.408 e. The first-order valence-corrected chi connectivity index (χ1v) is 9.67. The molecule has 0 aliphatic carbocycles. The second-order valence-electron chi connectivity index (χ2n) is 6.82. The Morgan fingerprint density at radius 3 is 2.20 bits per heavy atom. The number of benzene rings is 2.